The van der Waals surface area contributed by atoms with Gasteiger partial charge >= 0.3 is 5.97 Å². The SMILES string of the molecule is COC(=O)C(CO)Nc1cncc(OC(C)C)n1. The minimum Gasteiger partial charge on any atom is -0.474 e. The van der Waals surface area contributed by atoms with E-state index in [0.717, 1.165) is 0 Å². The Kier molecular flexibility index (Phi) is 5.31. The molecule has 0 saturated carbocycles. The number of aromatic nitrogens is 2. The van der Waals surface area contributed by atoms with Crippen LogP contribution in [0.4, 0.5) is 5.82 Å². The molecule has 0 fully saturated rings. The summed E-state index contributed by atoms with van der Waals surface area (Å²) in [5.74, 6) is 0.101. The summed E-state index contributed by atoms with van der Waals surface area (Å²) in [6.45, 7) is 3.34. The number of nitrogens with one attached hydrogen (secondary N) is 1. The molecule has 0 spiro atoms. The van der Waals surface area contributed by atoms with E-state index in [1.54, 1.807) is 0 Å². The van der Waals surface area contributed by atoms with Gasteiger partial charge in [0.25, 0.3) is 0 Å². The normalized spacial score (nSPS) is 12.1. The van der Waals surface area contributed by atoms with Crippen LogP contribution in [0.1, 0.15) is 13.8 Å². The van der Waals surface area contributed by atoms with Gasteiger partial charge in [-0.2, -0.15) is 4.98 Å². The van der Waals surface area contributed by atoms with Crippen LogP contribution in [0.5, 0.6) is 5.88 Å². The Bertz CT molecular complexity index is 398. The summed E-state index contributed by atoms with van der Waals surface area (Å²) in [5, 5.41) is 11.8. The van der Waals surface area contributed by atoms with Crippen LogP contribution in [0.3, 0.4) is 0 Å². The number of esters is 1. The molecule has 0 saturated heterocycles. The molecule has 0 amide bonds. The van der Waals surface area contributed by atoms with E-state index in [-0.39, 0.29) is 6.10 Å². The fourth-order valence-electron chi connectivity index (χ4n) is 1.22. The number of carbonyl (C=O) groups is 1. The van der Waals surface area contributed by atoms with Crippen molar-refractivity contribution >= 4 is 11.8 Å². The first-order valence-electron chi connectivity index (χ1n) is 5.50. The van der Waals surface area contributed by atoms with Crippen LogP contribution in [0.25, 0.3) is 0 Å². The average Bonchev–Trinajstić information content (AvgIpc) is 2.34. The molecule has 2 N–H and O–H groups in total. The number of anilines is 1. The van der Waals surface area contributed by atoms with Gasteiger partial charge in [-0.05, 0) is 13.8 Å². The lowest BCUT2D eigenvalue weighted by Crippen LogP contribution is -2.34. The van der Waals surface area contributed by atoms with E-state index in [2.05, 4.69) is 20.0 Å². The van der Waals surface area contributed by atoms with Gasteiger partial charge in [0.1, 0.15) is 11.9 Å². The lowest BCUT2D eigenvalue weighted by atomic mass is 10.3. The summed E-state index contributed by atoms with van der Waals surface area (Å²) in [7, 11) is 1.25. The highest BCUT2D eigenvalue weighted by Crippen LogP contribution is 2.11. The highest BCUT2D eigenvalue weighted by molar-refractivity contribution is 5.78. The molecule has 0 aliphatic rings. The monoisotopic (exact) mass is 255 g/mol. The van der Waals surface area contributed by atoms with Gasteiger partial charge in [-0.3, -0.25) is 4.98 Å². The van der Waals surface area contributed by atoms with Gasteiger partial charge in [-0.15, -0.1) is 0 Å². The Labute approximate surface area is 105 Å². The lowest BCUT2D eigenvalue weighted by Gasteiger charge is -2.15. The zero-order valence-electron chi connectivity index (χ0n) is 10.6. The number of aliphatic hydroxyl groups is 1. The van der Waals surface area contributed by atoms with Crippen molar-refractivity contribution in [1.29, 1.82) is 0 Å². The van der Waals surface area contributed by atoms with Crippen LogP contribution in [0.15, 0.2) is 12.4 Å². The van der Waals surface area contributed by atoms with E-state index in [1.807, 2.05) is 13.8 Å². The first-order valence-corrected chi connectivity index (χ1v) is 5.50. The molecule has 0 aromatic carbocycles. The summed E-state index contributed by atoms with van der Waals surface area (Å²) >= 11 is 0. The van der Waals surface area contributed by atoms with Crippen molar-refractivity contribution in [2.75, 3.05) is 19.0 Å². The van der Waals surface area contributed by atoms with Gasteiger partial charge < -0.3 is 19.9 Å². The van der Waals surface area contributed by atoms with E-state index in [1.165, 1.54) is 19.5 Å². The first kappa shape index (κ1) is 14.2. The van der Waals surface area contributed by atoms with Crippen molar-refractivity contribution in [2.24, 2.45) is 0 Å². The summed E-state index contributed by atoms with van der Waals surface area (Å²) in [6.07, 6.45) is 2.87. The average molecular weight is 255 g/mol. The zero-order chi connectivity index (χ0) is 13.5. The predicted molar refractivity (Wildman–Crippen MR) is 64.3 cm³/mol. The smallest absolute Gasteiger partial charge is 0.330 e. The predicted octanol–water partition coefficient (Wildman–Crippen LogP) is 0.210. The number of aliphatic hydroxyl groups excluding tert-OH is 1. The second-order valence-electron chi connectivity index (χ2n) is 3.81. The standard InChI is InChI=1S/C11H17N3O4/c1-7(2)18-10-5-12-4-9(14-10)13-8(6-15)11(16)17-3/h4-5,7-8,15H,6H2,1-3H3,(H,13,14). The highest BCUT2D eigenvalue weighted by atomic mass is 16.5. The van der Waals surface area contributed by atoms with Crippen LogP contribution >= 0.6 is 0 Å². The Balaban J connectivity index is 2.74. The second-order valence-corrected chi connectivity index (χ2v) is 3.81. The van der Waals surface area contributed by atoms with E-state index in [0.29, 0.717) is 11.7 Å². The third-order valence-electron chi connectivity index (χ3n) is 1.96. The molecule has 1 heterocycles. The molecule has 18 heavy (non-hydrogen) atoms. The molecule has 1 atom stereocenters. The molecule has 1 rings (SSSR count). The molecule has 7 heteroatoms. The summed E-state index contributed by atoms with van der Waals surface area (Å²) in [6, 6.07) is -0.876. The van der Waals surface area contributed by atoms with Crippen molar-refractivity contribution in [2.45, 2.75) is 26.0 Å². The largest absolute Gasteiger partial charge is 0.474 e. The third kappa shape index (κ3) is 4.17. The molecule has 0 bridgehead atoms. The Morgan fingerprint density at radius 3 is 2.78 bits per heavy atom. The maximum absolute atomic E-state index is 11.3. The molecule has 0 radical (unpaired) electrons. The van der Waals surface area contributed by atoms with Gasteiger partial charge in [0, 0.05) is 0 Å². The van der Waals surface area contributed by atoms with Gasteiger partial charge in [0.2, 0.25) is 5.88 Å². The maximum Gasteiger partial charge on any atom is 0.330 e. The topological polar surface area (TPSA) is 93.6 Å². The van der Waals surface area contributed by atoms with E-state index >= 15 is 0 Å². The van der Waals surface area contributed by atoms with Crippen molar-refractivity contribution < 1.29 is 19.4 Å². The Morgan fingerprint density at radius 1 is 1.50 bits per heavy atom. The molecule has 0 aliphatic heterocycles. The molecular formula is C11H17N3O4. The number of methoxy groups -OCH3 is 1. The van der Waals surface area contributed by atoms with Crippen LogP contribution < -0.4 is 10.1 Å². The number of nitrogens with zero attached hydrogens (tertiary/aromatic N) is 2. The van der Waals surface area contributed by atoms with Gasteiger partial charge in [0.15, 0.2) is 0 Å². The molecule has 7 nitrogen and oxygen atoms in total. The van der Waals surface area contributed by atoms with Crippen molar-refractivity contribution in [3.63, 3.8) is 0 Å². The molecule has 1 aromatic rings. The van der Waals surface area contributed by atoms with Crippen molar-refractivity contribution in [1.82, 2.24) is 9.97 Å². The van der Waals surface area contributed by atoms with Crippen molar-refractivity contribution in [3.8, 4) is 5.88 Å². The summed E-state index contributed by atoms with van der Waals surface area (Å²) < 4.78 is 9.89. The maximum atomic E-state index is 11.3. The lowest BCUT2D eigenvalue weighted by molar-refractivity contribution is -0.142. The number of ether oxygens (including phenoxy) is 2. The fraction of sp³-hybridized carbons (Fsp3) is 0.545. The quantitative estimate of drug-likeness (QED) is 0.702. The van der Waals surface area contributed by atoms with E-state index in [9.17, 15) is 4.79 Å². The summed E-state index contributed by atoms with van der Waals surface area (Å²) in [4.78, 5) is 19.3. The van der Waals surface area contributed by atoms with Crippen LogP contribution in [-0.4, -0.2) is 46.9 Å². The number of rotatable bonds is 6. The molecule has 1 unspecified atom stereocenters. The van der Waals surface area contributed by atoms with Crippen LogP contribution in [-0.2, 0) is 9.53 Å². The van der Waals surface area contributed by atoms with Crippen molar-refractivity contribution in [3.05, 3.63) is 12.4 Å². The van der Waals surface area contributed by atoms with E-state index < -0.39 is 18.6 Å². The van der Waals surface area contributed by atoms with Gasteiger partial charge in [-0.25, -0.2) is 4.79 Å². The van der Waals surface area contributed by atoms with Crippen LogP contribution in [0, 0.1) is 0 Å². The molecule has 100 valence electrons. The molecule has 0 aliphatic carbocycles. The minimum absolute atomic E-state index is 0.0243. The first-order chi connectivity index (χ1) is 8.56. The Morgan fingerprint density at radius 2 is 2.22 bits per heavy atom. The summed E-state index contributed by atoms with van der Waals surface area (Å²) in [5.41, 5.74) is 0. The number of carbonyl (C=O) groups excluding carboxylic acids is 1. The van der Waals surface area contributed by atoms with Gasteiger partial charge in [0.05, 0.1) is 32.2 Å². The van der Waals surface area contributed by atoms with E-state index in [4.69, 9.17) is 9.84 Å². The molecule has 1 aromatic heterocycles. The minimum atomic E-state index is -0.876. The third-order valence-corrected chi connectivity index (χ3v) is 1.96. The fourth-order valence-corrected chi connectivity index (χ4v) is 1.22. The number of hydrogen-bond acceptors (Lipinski definition) is 7. The van der Waals surface area contributed by atoms with Crippen LogP contribution in [0.2, 0.25) is 0 Å². The number of hydrogen-bond donors (Lipinski definition) is 2. The second kappa shape index (κ2) is 6.75. The zero-order valence-corrected chi connectivity index (χ0v) is 10.6. The molecular weight excluding hydrogens is 238 g/mol. The Hall–Kier alpha value is -1.89. The van der Waals surface area contributed by atoms with Gasteiger partial charge in [-0.1, -0.05) is 0 Å². The highest BCUT2D eigenvalue weighted by Gasteiger charge is 2.18.